The Bertz CT molecular complexity index is 1760. The van der Waals surface area contributed by atoms with Gasteiger partial charge in [0.05, 0.1) is 21.8 Å². The Morgan fingerprint density at radius 2 is 1.61 bits per heavy atom. The number of hydrogen-bond acceptors (Lipinski definition) is 6. The summed E-state index contributed by atoms with van der Waals surface area (Å²) in [4.78, 5) is 38.4. The lowest BCUT2D eigenvalue weighted by Gasteiger charge is -2.24. The number of hydrogen-bond donors (Lipinski definition) is 1. The standard InChI is InChI=1S/C31H25ClN2O6S/c1-20-16-22-10-5-6-13-28(22)34(20)41(38,39)25-12-7-11-23(17-25)31(37)40-19-29(35)33-27-15-14-24(32)18-26(27)30(36)21-8-3-2-4-9-21/h2-15,17-18,20H,16,19H2,1H3,(H,33,35)/t20-/m0/s1. The van der Waals surface area contributed by atoms with Gasteiger partial charge in [0, 0.05) is 22.2 Å². The van der Waals surface area contributed by atoms with Crippen molar-refractivity contribution in [3.8, 4) is 0 Å². The van der Waals surface area contributed by atoms with E-state index in [-0.39, 0.29) is 33.5 Å². The SMILES string of the molecule is C[C@H]1Cc2ccccc2N1S(=O)(=O)c1cccc(C(=O)OCC(=O)Nc2ccc(Cl)cc2C(=O)c2ccccc2)c1. The molecule has 41 heavy (non-hydrogen) atoms. The Morgan fingerprint density at radius 1 is 0.902 bits per heavy atom. The molecule has 1 aliphatic heterocycles. The van der Waals surface area contributed by atoms with Gasteiger partial charge >= 0.3 is 5.97 Å². The molecule has 4 aromatic rings. The van der Waals surface area contributed by atoms with E-state index in [1.165, 1.54) is 46.8 Å². The first-order valence-electron chi connectivity index (χ1n) is 12.7. The number of nitrogens with zero attached hydrogens (tertiary/aromatic N) is 1. The fourth-order valence-electron chi connectivity index (χ4n) is 4.76. The van der Waals surface area contributed by atoms with Crippen molar-refractivity contribution in [1.29, 1.82) is 0 Å². The van der Waals surface area contributed by atoms with Crippen molar-refractivity contribution < 1.29 is 27.5 Å². The maximum atomic E-state index is 13.5. The van der Waals surface area contributed by atoms with Crippen molar-refractivity contribution in [2.45, 2.75) is 24.3 Å². The summed E-state index contributed by atoms with van der Waals surface area (Å²) in [6, 6.07) is 25.5. The first-order valence-corrected chi connectivity index (χ1v) is 14.6. The van der Waals surface area contributed by atoms with Gasteiger partial charge in [-0.25, -0.2) is 13.2 Å². The molecule has 5 rings (SSSR count). The van der Waals surface area contributed by atoms with Crippen molar-refractivity contribution in [3.63, 3.8) is 0 Å². The number of ether oxygens (including phenoxy) is 1. The molecular formula is C31H25ClN2O6S. The van der Waals surface area contributed by atoms with E-state index >= 15 is 0 Å². The first kappa shape index (κ1) is 28.1. The zero-order valence-electron chi connectivity index (χ0n) is 21.9. The van der Waals surface area contributed by atoms with Crippen molar-refractivity contribution in [2.75, 3.05) is 16.2 Å². The fourth-order valence-corrected chi connectivity index (χ4v) is 6.67. The molecule has 0 saturated heterocycles. The molecule has 1 N–H and O–H groups in total. The molecular weight excluding hydrogens is 564 g/mol. The van der Waals surface area contributed by atoms with Crippen LogP contribution in [0.1, 0.15) is 38.8 Å². The van der Waals surface area contributed by atoms with E-state index in [0.717, 1.165) is 5.56 Å². The number of para-hydroxylation sites is 1. The van der Waals surface area contributed by atoms with Gasteiger partial charge in [-0.1, -0.05) is 66.2 Å². The van der Waals surface area contributed by atoms with Crippen LogP contribution in [0.15, 0.2) is 102 Å². The van der Waals surface area contributed by atoms with E-state index in [9.17, 15) is 22.8 Å². The second-order valence-corrected chi connectivity index (χ2v) is 11.8. The molecule has 0 aliphatic carbocycles. The summed E-state index contributed by atoms with van der Waals surface area (Å²) in [5.74, 6) is -1.90. The van der Waals surface area contributed by atoms with E-state index in [4.69, 9.17) is 16.3 Å². The number of halogens is 1. The molecule has 1 atom stereocenters. The quantitative estimate of drug-likeness (QED) is 0.215. The maximum Gasteiger partial charge on any atom is 0.338 e. The van der Waals surface area contributed by atoms with Gasteiger partial charge in [0.2, 0.25) is 0 Å². The average molecular weight is 589 g/mol. The summed E-state index contributed by atoms with van der Waals surface area (Å²) in [6.07, 6.45) is 0.582. The Balaban J connectivity index is 1.28. The number of amides is 1. The van der Waals surface area contributed by atoms with Crippen LogP contribution in [0.2, 0.25) is 5.02 Å². The molecule has 0 aromatic heterocycles. The van der Waals surface area contributed by atoms with Gasteiger partial charge in [-0.3, -0.25) is 13.9 Å². The molecule has 0 fully saturated rings. The molecule has 0 saturated carbocycles. The molecule has 1 aliphatic rings. The number of sulfonamides is 1. The predicted octanol–water partition coefficient (Wildman–Crippen LogP) is 5.51. The molecule has 4 aromatic carbocycles. The van der Waals surface area contributed by atoms with E-state index in [1.54, 1.807) is 42.5 Å². The highest BCUT2D eigenvalue weighted by molar-refractivity contribution is 7.92. The molecule has 1 heterocycles. The Hall–Kier alpha value is -4.47. The molecule has 0 spiro atoms. The second kappa shape index (κ2) is 11.6. The maximum absolute atomic E-state index is 13.5. The minimum atomic E-state index is -3.97. The highest BCUT2D eigenvalue weighted by Gasteiger charge is 2.36. The molecule has 208 valence electrons. The van der Waals surface area contributed by atoms with Crippen LogP contribution in [0, 0.1) is 0 Å². The van der Waals surface area contributed by atoms with E-state index in [0.29, 0.717) is 22.7 Å². The van der Waals surface area contributed by atoms with E-state index in [2.05, 4.69) is 5.32 Å². The molecule has 0 unspecified atom stereocenters. The Kier molecular flexibility index (Phi) is 7.92. The average Bonchev–Trinajstić information content (AvgIpc) is 3.33. The molecule has 10 heteroatoms. The minimum Gasteiger partial charge on any atom is -0.452 e. The summed E-state index contributed by atoms with van der Waals surface area (Å²) in [7, 11) is -3.97. The fraction of sp³-hybridized carbons (Fsp3) is 0.129. The summed E-state index contributed by atoms with van der Waals surface area (Å²) >= 11 is 6.09. The van der Waals surface area contributed by atoms with Gasteiger partial charge in [-0.05, 0) is 61.4 Å². The number of fused-ring (bicyclic) bond motifs is 1. The van der Waals surface area contributed by atoms with Crippen LogP contribution in [-0.2, 0) is 26.0 Å². The molecule has 0 bridgehead atoms. The Labute approximate surface area is 242 Å². The predicted molar refractivity (Wildman–Crippen MR) is 156 cm³/mol. The highest BCUT2D eigenvalue weighted by Crippen LogP contribution is 2.36. The first-order chi connectivity index (χ1) is 19.6. The third kappa shape index (κ3) is 5.86. The topological polar surface area (TPSA) is 110 Å². The summed E-state index contributed by atoms with van der Waals surface area (Å²) in [6.45, 7) is 1.17. The third-order valence-corrected chi connectivity index (χ3v) is 8.80. The second-order valence-electron chi connectivity index (χ2n) is 9.52. The van der Waals surface area contributed by atoms with Crippen molar-refractivity contribution in [1.82, 2.24) is 0 Å². The van der Waals surface area contributed by atoms with Crippen LogP contribution >= 0.6 is 11.6 Å². The number of carbonyl (C=O) groups is 3. The lowest BCUT2D eigenvalue weighted by molar-refractivity contribution is -0.119. The number of anilines is 2. The monoisotopic (exact) mass is 588 g/mol. The van der Waals surface area contributed by atoms with Crippen LogP contribution in [0.25, 0.3) is 0 Å². The van der Waals surface area contributed by atoms with E-state index < -0.39 is 28.5 Å². The molecule has 1 amide bonds. The van der Waals surface area contributed by atoms with Crippen LogP contribution in [0.4, 0.5) is 11.4 Å². The largest absolute Gasteiger partial charge is 0.452 e. The summed E-state index contributed by atoms with van der Waals surface area (Å²) in [5.41, 5.74) is 2.32. The van der Waals surface area contributed by atoms with Crippen LogP contribution in [-0.4, -0.2) is 38.7 Å². The van der Waals surface area contributed by atoms with E-state index in [1.807, 2.05) is 19.1 Å². The lowest BCUT2D eigenvalue weighted by Crippen LogP contribution is -2.35. The van der Waals surface area contributed by atoms with Gasteiger partial charge in [-0.15, -0.1) is 0 Å². The van der Waals surface area contributed by atoms with Crippen molar-refractivity contribution in [3.05, 3.63) is 124 Å². The zero-order valence-corrected chi connectivity index (χ0v) is 23.5. The lowest BCUT2D eigenvalue weighted by atomic mass is 10.0. The van der Waals surface area contributed by atoms with Gasteiger partial charge in [-0.2, -0.15) is 0 Å². The van der Waals surface area contributed by atoms with Crippen LogP contribution < -0.4 is 9.62 Å². The number of esters is 1. The third-order valence-electron chi connectivity index (χ3n) is 6.64. The highest BCUT2D eigenvalue weighted by atomic mass is 35.5. The number of benzene rings is 4. The number of rotatable bonds is 8. The van der Waals surface area contributed by atoms with Crippen molar-refractivity contribution >= 4 is 50.7 Å². The summed E-state index contributed by atoms with van der Waals surface area (Å²) in [5, 5.41) is 2.90. The van der Waals surface area contributed by atoms with Gasteiger partial charge in [0.15, 0.2) is 12.4 Å². The normalized spacial score (nSPS) is 14.3. The Morgan fingerprint density at radius 3 is 2.39 bits per heavy atom. The molecule has 8 nitrogen and oxygen atoms in total. The van der Waals surface area contributed by atoms with Crippen molar-refractivity contribution in [2.24, 2.45) is 0 Å². The van der Waals surface area contributed by atoms with Crippen LogP contribution in [0.5, 0.6) is 0 Å². The summed E-state index contributed by atoms with van der Waals surface area (Å²) < 4.78 is 33.6. The van der Waals surface area contributed by atoms with Crippen LogP contribution in [0.3, 0.4) is 0 Å². The number of nitrogens with one attached hydrogen (secondary N) is 1. The van der Waals surface area contributed by atoms with Gasteiger partial charge < -0.3 is 10.1 Å². The van der Waals surface area contributed by atoms with Gasteiger partial charge in [0.25, 0.3) is 15.9 Å². The van der Waals surface area contributed by atoms with Gasteiger partial charge in [0.1, 0.15) is 0 Å². The smallest absolute Gasteiger partial charge is 0.338 e. The minimum absolute atomic E-state index is 0.0227. The zero-order chi connectivity index (χ0) is 29.1. The molecule has 0 radical (unpaired) electrons. The number of carbonyl (C=O) groups excluding carboxylic acids is 3. The number of ketones is 1.